The van der Waals surface area contributed by atoms with E-state index in [4.69, 9.17) is 4.74 Å². The molecule has 0 atom stereocenters. The summed E-state index contributed by atoms with van der Waals surface area (Å²) < 4.78 is 30.3. The van der Waals surface area contributed by atoms with Gasteiger partial charge in [-0.3, -0.25) is 4.79 Å². The van der Waals surface area contributed by atoms with Crippen molar-refractivity contribution in [1.29, 1.82) is 0 Å². The molecule has 7 nitrogen and oxygen atoms in total. The van der Waals surface area contributed by atoms with Crippen LogP contribution in [0.4, 0.5) is 5.82 Å². The molecule has 0 bridgehead atoms. The fraction of sp³-hybridized carbons (Fsp3) is 0.333. The standard InChI is InChI=1S/C15H17N3O4S/c1-3-14(19)16-15-12-8-23(20,21)9-13(12)17-18(15)10-4-6-11(22-2)7-5-10/h4-7H,3,8-9H2,1-2H3,(H,16,19). The molecule has 2 heterocycles. The van der Waals surface area contributed by atoms with E-state index in [9.17, 15) is 13.2 Å². The molecule has 23 heavy (non-hydrogen) atoms. The second-order valence-electron chi connectivity index (χ2n) is 5.32. The van der Waals surface area contributed by atoms with E-state index in [0.29, 0.717) is 29.2 Å². The smallest absolute Gasteiger partial charge is 0.225 e. The Bertz CT molecular complexity index is 854. The summed E-state index contributed by atoms with van der Waals surface area (Å²) >= 11 is 0. The first kappa shape index (κ1) is 15.5. The Morgan fingerprint density at radius 1 is 1.30 bits per heavy atom. The number of sulfone groups is 1. The van der Waals surface area contributed by atoms with Gasteiger partial charge in [-0.2, -0.15) is 5.10 Å². The molecule has 0 saturated heterocycles. The highest BCUT2D eigenvalue weighted by atomic mass is 32.2. The lowest BCUT2D eigenvalue weighted by Gasteiger charge is -2.11. The van der Waals surface area contributed by atoms with Crippen LogP contribution in [0.15, 0.2) is 24.3 Å². The van der Waals surface area contributed by atoms with Gasteiger partial charge in [0, 0.05) is 12.0 Å². The Hall–Kier alpha value is -2.35. The van der Waals surface area contributed by atoms with Crippen LogP contribution in [-0.2, 0) is 26.1 Å². The minimum Gasteiger partial charge on any atom is -0.497 e. The van der Waals surface area contributed by atoms with Crippen LogP contribution in [0, 0.1) is 0 Å². The quantitative estimate of drug-likeness (QED) is 0.917. The van der Waals surface area contributed by atoms with Crippen LogP contribution >= 0.6 is 0 Å². The fourth-order valence-electron chi connectivity index (χ4n) is 2.50. The molecule has 1 amide bonds. The molecule has 0 fully saturated rings. The number of fused-ring (bicyclic) bond motifs is 1. The first-order chi connectivity index (χ1) is 10.9. The Balaban J connectivity index is 2.08. The highest BCUT2D eigenvalue weighted by Gasteiger charge is 2.33. The van der Waals surface area contributed by atoms with Crippen LogP contribution < -0.4 is 10.1 Å². The van der Waals surface area contributed by atoms with E-state index >= 15 is 0 Å². The van der Waals surface area contributed by atoms with Gasteiger partial charge in [-0.05, 0) is 24.3 Å². The summed E-state index contributed by atoms with van der Waals surface area (Å²) in [6, 6.07) is 7.17. The number of aromatic nitrogens is 2. The van der Waals surface area contributed by atoms with E-state index in [2.05, 4.69) is 10.4 Å². The Kier molecular flexibility index (Phi) is 3.85. The van der Waals surface area contributed by atoms with Gasteiger partial charge in [-0.25, -0.2) is 13.1 Å². The van der Waals surface area contributed by atoms with Crippen molar-refractivity contribution in [3.05, 3.63) is 35.5 Å². The zero-order chi connectivity index (χ0) is 16.6. The maximum absolute atomic E-state index is 11.8. The van der Waals surface area contributed by atoms with Crippen molar-refractivity contribution in [3.63, 3.8) is 0 Å². The van der Waals surface area contributed by atoms with Crippen molar-refractivity contribution in [2.45, 2.75) is 24.9 Å². The fourth-order valence-corrected chi connectivity index (χ4v) is 4.00. The third kappa shape index (κ3) is 2.94. The molecule has 1 aliphatic rings. The van der Waals surface area contributed by atoms with Crippen LogP contribution in [-0.4, -0.2) is 31.2 Å². The van der Waals surface area contributed by atoms with Crippen LogP contribution in [0.1, 0.15) is 24.6 Å². The summed E-state index contributed by atoms with van der Waals surface area (Å²) in [4.78, 5) is 11.8. The summed E-state index contributed by atoms with van der Waals surface area (Å²) in [5, 5.41) is 7.15. The average molecular weight is 335 g/mol. The first-order valence-corrected chi connectivity index (χ1v) is 9.01. The monoisotopic (exact) mass is 335 g/mol. The SMILES string of the molecule is CCC(=O)Nc1c2c(nn1-c1ccc(OC)cc1)CS(=O)(=O)C2. The first-order valence-electron chi connectivity index (χ1n) is 7.19. The van der Waals surface area contributed by atoms with Crippen molar-refractivity contribution in [2.75, 3.05) is 12.4 Å². The van der Waals surface area contributed by atoms with Gasteiger partial charge in [0.2, 0.25) is 5.91 Å². The molecule has 0 saturated carbocycles. The minimum absolute atomic E-state index is 0.0967. The van der Waals surface area contributed by atoms with Crippen LogP contribution in [0.5, 0.6) is 5.75 Å². The average Bonchev–Trinajstić information content (AvgIpc) is 3.00. The molecule has 122 valence electrons. The Labute approximate surface area is 134 Å². The van der Waals surface area contributed by atoms with Gasteiger partial charge in [0.15, 0.2) is 9.84 Å². The number of nitrogens with zero attached hydrogens (tertiary/aromatic N) is 2. The molecule has 1 aliphatic heterocycles. The van der Waals surface area contributed by atoms with E-state index in [1.54, 1.807) is 43.0 Å². The molecule has 1 aromatic heterocycles. The summed E-state index contributed by atoms with van der Waals surface area (Å²) in [5.74, 6) is 0.748. The summed E-state index contributed by atoms with van der Waals surface area (Å²) in [7, 11) is -1.61. The number of carbonyl (C=O) groups excluding carboxylic acids is 1. The zero-order valence-electron chi connectivity index (χ0n) is 12.9. The zero-order valence-corrected chi connectivity index (χ0v) is 13.7. The molecule has 0 aliphatic carbocycles. The van der Waals surface area contributed by atoms with Crippen molar-refractivity contribution in [1.82, 2.24) is 9.78 Å². The number of anilines is 1. The molecule has 1 N–H and O–H groups in total. The topological polar surface area (TPSA) is 90.3 Å². The number of hydrogen-bond donors (Lipinski definition) is 1. The molecular weight excluding hydrogens is 318 g/mol. The van der Waals surface area contributed by atoms with E-state index in [0.717, 1.165) is 5.69 Å². The largest absolute Gasteiger partial charge is 0.497 e. The lowest BCUT2D eigenvalue weighted by molar-refractivity contribution is -0.115. The number of amides is 1. The molecule has 8 heteroatoms. The Morgan fingerprint density at radius 2 is 2.00 bits per heavy atom. The maximum atomic E-state index is 11.8. The number of ether oxygens (including phenoxy) is 1. The molecule has 0 radical (unpaired) electrons. The number of nitrogens with one attached hydrogen (secondary N) is 1. The van der Waals surface area contributed by atoms with Crippen molar-refractivity contribution in [2.24, 2.45) is 0 Å². The molecule has 3 rings (SSSR count). The van der Waals surface area contributed by atoms with Crippen LogP contribution in [0.25, 0.3) is 5.69 Å². The number of hydrogen-bond acceptors (Lipinski definition) is 5. The van der Waals surface area contributed by atoms with E-state index in [1.165, 1.54) is 0 Å². The number of rotatable bonds is 4. The van der Waals surface area contributed by atoms with Gasteiger partial charge in [-0.1, -0.05) is 6.92 Å². The third-order valence-corrected chi connectivity index (χ3v) is 5.13. The molecule has 0 spiro atoms. The van der Waals surface area contributed by atoms with Crippen molar-refractivity contribution in [3.8, 4) is 11.4 Å². The van der Waals surface area contributed by atoms with Gasteiger partial charge < -0.3 is 10.1 Å². The number of carbonyl (C=O) groups is 1. The summed E-state index contributed by atoms with van der Waals surface area (Å²) in [5.41, 5.74) is 1.79. The van der Waals surface area contributed by atoms with Gasteiger partial charge in [0.25, 0.3) is 0 Å². The van der Waals surface area contributed by atoms with E-state index < -0.39 is 9.84 Å². The molecule has 1 aromatic carbocycles. The predicted molar refractivity (Wildman–Crippen MR) is 85.4 cm³/mol. The lowest BCUT2D eigenvalue weighted by atomic mass is 10.2. The number of methoxy groups -OCH3 is 1. The molecule has 0 unspecified atom stereocenters. The van der Waals surface area contributed by atoms with Gasteiger partial charge >= 0.3 is 0 Å². The normalized spacial score (nSPS) is 15.2. The second kappa shape index (κ2) is 5.69. The van der Waals surface area contributed by atoms with Crippen LogP contribution in [0.2, 0.25) is 0 Å². The maximum Gasteiger partial charge on any atom is 0.225 e. The minimum atomic E-state index is -3.18. The molecular formula is C15H17N3O4S. The second-order valence-corrected chi connectivity index (χ2v) is 7.38. The van der Waals surface area contributed by atoms with Crippen molar-refractivity contribution >= 4 is 21.6 Å². The molecule has 2 aromatic rings. The van der Waals surface area contributed by atoms with E-state index in [-0.39, 0.29) is 17.4 Å². The third-order valence-electron chi connectivity index (χ3n) is 3.68. The van der Waals surface area contributed by atoms with Crippen LogP contribution in [0.3, 0.4) is 0 Å². The Morgan fingerprint density at radius 3 is 2.61 bits per heavy atom. The number of benzene rings is 1. The van der Waals surface area contributed by atoms with E-state index in [1.807, 2.05) is 0 Å². The highest BCUT2D eigenvalue weighted by molar-refractivity contribution is 7.90. The predicted octanol–water partition coefficient (Wildman–Crippen LogP) is 1.66. The lowest BCUT2D eigenvalue weighted by Crippen LogP contribution is -2.15. The van der Waals surface area contributed by atoms with Crippen molar-refractivity contribution < 1.29 is 17.9 Å². The summed E-state index contributed by atoms with van der Waals surface area (Å²) in [6.45, 7) is 1.74. The highest BCUT2D eigenvalue weighted by Crippen LogP contribution is 2.33. The van der Waals surface area contributed by atoms with Gasteiger partial charge in [-0.15, -0.1) is 0 Å². The summed E-state index contributed by atoms with van der Waals surface area (Å²) in [6.07, 6.45) is 0.301. The van der Waals surface area contributed by atoms with Gasteiger partial charge in [0.1, 0.15) is 11.6 Å². The van der Waals surface area contributed by atoms with Gasteiger partial charge in [0.05, 0.1) is 30.0 Å².